The number of anilines is 1. The Labute approximate surface area is 289 Å². The molecule has 2 unspecified atom stereocenters. The zero-order valence-corrected chi connectivity index (χ0v) is 27.8. The van der Waals surface area contributed by atoms with Gasteiger partial charge in [0.2, 0.25) is 5.91 Å². The van der Waals surface area contributed by atoms with E-state index in [1.54, 1.807) is 29.2 Å². The first-order valence-corrected chi connectivity index (χ1v) is 17.7. The molecule has 264 valence electrons. The number of carbonyl (C=O) groups excluding carboxylic acids is 1. The number of rotatable bonds is 12. The van der Waals surface area contributed by atoms with Crippen molar-refractivity contribution in [3.63, 3.8) is 0 Å². The van der Waals surface area contributed by atoms with Crippen molar-refractivity contribution in [3.05, 3.63) is 120 Å². The third-order valence-electron chi connectivity index (χ3n) is 9.19. The fourth-order valence-electron chi connectivity index (χ4n) is 6.48. The maximum atomic E-state index is 13.4. The second-order valence-corrected chi connectivity index (χ2v) is 14.1. The molecule has 2 fully saturated rings. The van der Waals surface area contributed by atoms with E-state index >= 15 is 0 Å². The smallest absolute Gasteiger partial charge is 0.311 e. The zero-order chi connectivity index (χ0) is 35.6. The lowest BCUT2D eigenvalue weighted by Crippen LogP contribution is -2.59. The summed E-state index contributed by atoms with van der Waals surface area (Å²) >= 11 is 0. The molecule has 0 radical (unpaired) electrons. The molecule has 50 heavy (non-hydrogen) atoms. The highest BCUT2D eigenvalue weighted by atomic mass is 32.2. The monoisotopic (exact) mass is 707 g/mol. The molecule has 4 N–H and O–H groups in total. The molecule has 2 aliphatic heterocycles. The molecule has 0 saturated carbocycles. The maximum Gasteiger partial charge on any atom is 0.311 e. The Balaban J connectivity index is 1.13. The summed E-state index contributed by atoms with van der Waals surface area (Å²) in [5.74, 6) is -1.57. The van der Waals surface area contributed by atoms with Crippen LogP contribution in [0.1, 0.15) is 36.1 Å². The van der Waals surface area contributed by atoms with Crippen LogP contribution >= 0.6 is 0 Å². The molecule has 4 aromatic rings. The van der Waals surface area contributed by atoms with Gasteiger partial charge in [-0.3, -0.25) is 4.79 Å². The van der Waals surface area contributed by atoms with Crippen molar-refractivity contribution in [2.45, 2.75) is 55.7 Å². The fourth-order valence-corrected chi connectivity index (χ4v) is 7.63. The van der Waals surface area contributed by atoms with Crippen molar-refractivity contribution in [3.8, 4) is 16.9 Å². The van der Waals surface area contributed by atoms with Crippen molar-refractivity contribution in [2.24, 2.45) is 5.92 Å². The van der Waals surface area contributed by atoms with Gasteiger partial charge in [-0.1, -0.05) is 66.7 Å². The average Bonchev–Trinajstić information content (AvgIpc) is 3.11. The van der Waals surface area contributed by atoms with Crippen LogP contribution in [0.5, 0.6) is 5.75 Å². The summed E-state index contributed by atoms with van der Waals surface area (Å²) < 4.78 is 54.4. The number of aliphatic hydroxyl groups excluding tert-OH is 4. The van der Waals surface area contributed by atoms with E-state index in [2.05, 4.69) is 0 Å². The number of hydrogen-bond acceptors (Lipinski definition) is 10. The first-order chi connectivity index (χ1) is 24.0. The molecule has 0 aliphatic carbocycles. The highest BCUT2D eigenvalue weighted by molar-refractivity contribution is 7.87. The maximum absolute atomic E-state index is 13.4. The fraction of sp³-hybridized carbons (Fsp3) is 0.324. The van der Waals surface area contributed by atoms with Crippen LogP contribution in [0.2, 0.25) is 0 Å². The van der Waals surface area contributed by atoms with Gasteiger partial charge in [0.05, 0.1) is 18.1 Å². The van der Waals surface area contributed by atoms with Crippen LogP contribution in [0.4, 0.5) is 10.1 Å². The predicted octanol–water partition coefficient (Wildman–Crippen LogP) is 3.87. The summed E-state index contributed by atoms with van der Waals surface area (Å²) in [6, 6.07) is 28.8. The summed E-state index contributed by atoms with van der Waals surface area (Å²) in [6.07, 6.45) is -7.70. The number of carbonyl (C=O) groups is 1. The SMILES string of the molecule is CO[C@H]1OC(CS(=O)(=O)Oc2ccc(-c3ccc([C@@H]4[C@@H](CC[C@H](O)c5ccc(F)cc5)C(=O)N4c4ccccc4)cc3)cc2)[C@@H](O)[C@H](O)C1O. The molecule has 13 heteroatoms. The van der Waals surface area contributed by atoms with Gasteiger partial charge < -0.3 is 39.0 Å². The molecular weight excluding hydrogens is 669 g/mol. The quantitative estimate of drug-likeness (QED) is 0.126. The third-order valence-corrected chi connectivity index (χ3v) is 10.4. The first kappa shape index (κ1) is 35.6. The Kier molecular flexibility index (Phi) is 10.6. The molecule has 11 nitrogen and oxygen atoms in total. The minimum absolute atomic E-state index is 0.0247. The van der Waals surface area contributed by atoms with Crippen LogP contribution in [0, 0.1) is 11.7 Å². The van der Waals surface area contributed by atoms with Gasteiger partial charge in [0, 0.05) is 12.8 Å². The highest BCUT2D eigenvalue weighted by Gasteiger charge is 2.48. The highest BCUT2D eigenvalue weighted by Crippen LogP contribution is 2.46. The minimum atomic E-state index is -4.29. The lowest BCUT2D eigenvalue weighted by atomic mass is 9.78. The van der Waals surface area contributed by atoms with Crippen LogP contribution in [0.15, 0.2) is 103 Å². The number of halogens is 1. The second kappa shape index (κ2) is 15.0. The molecular formula is C37H38FNO10S. The van der Waals surface area contributed by atoms with Gasteiger partial charge in [-0.15, -0.1) is 0 Å². The number of benzene rings is 4. The van der Waals surface area contributed by atoms with Crippen molar-refractivity contribution in [2.75, 3.05) is 17.8 Å². The standard InChI is InChI=1S/C37H38FNO10S/c1-47-37-35(43)34(42)33(41)31(48-37)21-50(45,46)49-28-17-13-23(14-18-28)22-7-9-25(10-8-22)32-29(36(44)39(32)27-5-3-2-4-6-27)19-20-30(40)24-11-15-26(38)16-12-24/h2-18,29-35,37,40-43H,19-21H2,1H3/t29-,30+,31?,32-,33-,34+,35?,37+/m1/s1. The van der Waals surface area contributed by atoms with Gasteiger partial charge in [0.15, 0.2) is 6.29 Å². The van der Waals surface area contributed by atoms with Crippen molar-refractivity contribution in [1.29, 1.82) is 0 Å². The number of nitrogens with zero attached hydrogens (tertiary/aromatic N) is 1. The van der Waals surface area contributed by atoms with E-state index in [4.69, 9.17) is 13.7 Å². The Morgan fingerprint density at radius 3 is 2.08 bits per heavy atom. The van der Waals surface area contributed by atoms with Crippen LogP contribution in [0.25, 0.3) is 11.1 Å². The number of ether oxygens (including phenoxy) is 2. The Morgan fingerprint density at radius 2 is 1.46 bits per heavy atom. The molecule has 8 atom stereocenters. The normalized spacial score (nSPS) is 25.9. The molecule has 0 bridgehead atoms. The van der Waals surface area contributed by atoms with E-state index in [-0.39, 0.29) is 29.4 Å². The molecule has 6 rings (SSSR count). The topological polar surface area (TPSA) is 163 Å². The number of methoxy groups -OCH3 is 1. The second-order valence-electron chi connectivity index (χ2n) is 12.4. The summed E-state index contributed by atoms with van der Waals surface area (Å²) in [7, 11) is -3.08. The largest absolute Gasteiger partial charge is 0.388 e. The van der Waals surface area contributed by atoms with Gasteiger partial charge in [-0.2, -0.15) is 8.42 Å². The van der Waals surface area contributed by atoms with Crippen LogP contribution in [-0.4, -0.2) is 78.3 Å². The van der Waals surface area contributed by atoms with Crippen molar-refractivity contribution < 1.29 is 51.7 Å². The van der Waals surface area contributed by atoms with E-state index < -0.39 is 52.7 Å². The zero-order valence-electron chi connectivity index (χ0n) is 27.0. The van der Waals surface area contributed by atoms with Gasteiger partial charge in [0.25, 0.3) is 0 Å². The molecule has 2 saturated heterocycles. The van der Waals surface area contributed by atoms with Crippen molar-refractivity contribution in [1.82, 2.24) is 0 Å². The average molecular weight is 708 g/mol. The molecule has 2 heterocycles. The summed E-state index contributed by atoms with van der Waals surface area (Å²) in [4.78, 5) is 15.2. The number of hydrogen-bond donors (Lipinski definition) is 4. The van der Waals surface area contributed by atoms with E-state index in [0.717, 1.165) is 22.4 Å². The van der Waals surface area contributed by atoms with Crippen LogP contribution < -0.4 is 9.08 Å². The predicted molar refractivity (Wildman–Crippen MR) is 181 cm³/mol. The van der Waals surface area contributed by atoms with E-state index in [1.165, 1.54) is 31.4 Å². The van der Waals surface area contributed by atoms with Crippen LogP contribution in [0.3, 0.4) is 0 Å². The molecule has 4 aromatic carbocycles. The Bertz CT molecular complexity index is 1860. The van der Waals surface area contributed by atoms with E-state index in [0.29, 0.717) is 18.4 Å². The Hall–Kier alpha value is -4.21. The molecule has 0 spiro atoms. The van der Waals surface area contributed by atoms with Gasteiger partial charge >= 0.3 is 10.1 Å². The van der Waals surface area contributed by atoms with E-state index in [1.807, 2.05) is 54.6 Å². The number of amides is 1. The number of aliphatic hydroxyl groups is 4. The number of para-hydroxylation sites is 1. The van der Waals surface area contributed by atoms with Crippen LogP contribution in [-0.2, 0) is 24.4 Å². The summed E-state index contributed by atoms with van der Waals surface area (Å²) in [6.45, 7) is 0. The van der Waals surface area contributed by atoms with Gasteiger partial charge in [-0.05, 0) is 71.5 Å². The molecule has 1 amide bonds. The van der Waals surface area contributed by atoms with E-state index in [9.17, 15) is 38.0 Å². The lowest BCUT2D eigenvalue weighted by Gasteiger charge is -2.48. The number of β-lactam (4-membered cyclic amide) rings is 1. The summed E-state index contributed by atoms with van der Waals surface area (Å²) in [5, 5.41) is 41.0. The minimum Gasteiger partial charge on any atom is -0.388 e. The van der Waals surface area contributed by atoms with Gasteiger partial charge in [0.1, 0.15) is 41.7 Å². The van der Waals surface area contributed by atoms with Gasteiger partial charge in [-0.25, -0.2) is 4.39 Å². The molecule has 0 aromatic heterocycles. The Morgan fingerprint density at radius 1 is 0.840 bits per heavy atom. The lowest BCUT2D eigenvalue weighted by molar-refractivity contribution is -0.285. The summed E-state index contributed by atoms with van der Waals surface area (Å²) in [5.41, 5.74) is 3.87. The van der Waals surface area contributed by atoms with Crippen molar-refractivity contribution >= 4 is 21.7 Å². The first-order valence-electron chi connectivity index (χ1n) is 16.1. The third kappa shape index (κ3) is 7.59. The molecule has 2 aliphatic rings.